The fourth-order valence-electron chi connectivity index (χ4n) is 3.50. The molecular formula is C20H27NO4S. The average Bonchev–Trinajstić information content (AvgIpc) is 2.66. The Morgan fingerprint density at radius 1 is 1.04 bits per heavy atom. The van der Waals surface area contributed by atoms with Crippen LogP contribution < -0.4 is 14.2 Å². The standard InChI is InChI=1S/C20H27NO4S/c1-3-26(22,23)21-20-7-5-4-6-17(20)14-25-19-11-9-15-12-18(24-2)10-8-16(15)13-19/h8-13,17,20-21H,3-7,14H2,1-2H3/t17-,20+/m0/s1. The smallest absolute Gasteiger partial charge is 0.211 e. The van der Waals surface area contributed by atoms with Crippen molar-refractivity contribution in [1.29, 1.82) is 0 Å². The molecular weight excluding hydrogens is 350 g/mol. The van der Waals surface area contributed by atoms with Gasteiger partial charge in [-0.2, -0.15) is 0 Å². The molecule has 142 valence electrons. The van der Waals surface area contributed by atoms with E-state index in [4.69, 9.17) is 9.47 Å². The number of fused-ring (bicyclic) bond motifs is 1. The highest BCUT2D eigenvalue weighted by atomic mass is 32.2. The molecule has 0 radical (unpaired) electrons. The van der Waals surface area contributed by atoms with Gasteiger partial charge < -0.3 is 9.47 Å². The van der Waals surface area contributed by atoms with Crippen LogP contribution in [0.5, 0.6) is 11.5 Å². The van der Waals surface area contributed by atoms with E-state index in [1.165, 1.54) is 0 Å². The number of ether oxygens (including phenoxy) is 2. The molecule has 0 aromatic heterocycles. The Labute approximate surface area is 155 Å². The number of hydrogen-bond donors (Lipinski definition) is 1. The van der Waals surface area contributed by atoms with Crippen LogP contribution in [0.3, 0.4) is 0 Å². The topological polar surface area (TPSA) is 64.6 Å². The van der Waals surface area contributed by atoms with Crippen molar-refractivity contribution >= 4 is 20.8 Å². The lowest BCUT2D eigenvalue weighted by Gasteiger charge is -2.31. The minimum atomic E-state index is -3.19. The maximum absolute atomic E-state index is 11.9. The van der Waals surface area contributed by atoms with Gasteiger partial charge in [-0.05, 0) is 54.8 Å². The van der Waals surface area contributed by atoms with E-state index in [1.54, 1.807) is 14.0 Å². The molecule has 0 unspecified atom stereocenters. The second kappa shape index (κ2) is 8.27. The van der Waals surface area contributed by atoms with Gasteiger partial charge in [0.15, 0.2) is 0 Å². The highest BCUT2D eigenvalue weighted by Gasteiger charge is 2.28. The van der Waals surface area contributed by atoms with Gasteiger partial charge in [-0.25, -0.2) is 13.1 Å². The molecule has 0 bridgehead atoms. The number of methoxy groups -OCH3 is 1. The predicted molar refractivity (Wildman–Crippen MR) is 104 cm³/mol. The van der Waals surface area contributed by atoms with Gasteiger partial charge in [0.2, 0.25) is 10.0 Å². The van der Waals surface area contributed by atoms with Crippen molar-refractivity contribution in [3.63, 3.8) is 0 Å². The Kier molecular flexibility index (Phi) is 6.04. The van der Waals surface area contributed by atoms with E-state index in [0.29, 0.717) is 6.61 Å². The first-order chi connectivity index (χ1) is 12.5. The molecule has 2 aromatic rings. The molecule has 1 aliphatic rings. The normalized spacial score (nSPS) is 20.8. The lowest BCUT2D eigenvalue weighted by atomic mass is 9.86. The minimum Gasteiger partial charge on any atom is -0.497 e. The first-order valence-electron chi connectivity index (χ1n) is 9.21. The van der Waals surface area contributed by atoms with Crippen molar-refractivity contribution in [1.82, 2.24) is 4.72 Å². The maximum atomic E-state index is 11.9. The third-order valence-electron chi connectivity index (χ3n) is 5.10. The maximum Gasteiger partial charge on any atom is 0.211 e. The zero-order chi connectivity index (χ0) is 18.6. The van der Waals surface area contributed by atoms with E-state index in [2.05, 4.69) is 4.72 Å². The van der Waals surface area contributed by atoms with Gasteiger partial charge in [-0.15, -0.1) is 0 Å². The third-order valence-corrected chi connectivity index (χ3v) is 6.52. The van der Waals surface area contributed by atoms with Gasteiger partial charge >= 0.3 is 0 Å². The van der Waals surface area contributed by atoms with E-state index in [-0.39, 0.29) is 17.7 Å². The van der Waals surface area contributed by atoms with Crippen LogP contribution >= 0.6 is 0 Å². The van der Waals surface area contributed by atoms with Crippen molar-refractivity contribution in [3.05, 3.63) is 36.4 Å². The highest BCUT2D eigenvalue weighted by molar-refractivity contribution is 7.89. The summed E-state index contributed by atoms with van der Waals surface area (Å²) in [4.78, 5) is 0. The molecule has 2 aromatic carbocycles. The van der Waals surface area contributed by atoms with E-state index in [1.807, 2.05) is 36.4 Å². The molecule has 1 fully saturated rings. The molecule has 1 aliphatic carbocycles. The Morgan fingerprint density at radius 2 is 1.69 bits per heavy atom. The molecule has 0 saturated heterocycles. The summed E-state index contributed by atoms with van der Waals surface area (Å²) in [5.41, 5.74) is 0. The van der Waals surface area contributed by atoms with Crippen LogP contribution in [-0.2, 0) is 10.0 Å². The van der Waals surface area contributed by atoms with E-state index in [0.717, 1.165) is 48.0 Å². The van der Waals surface area contributed by atoms with Crippen LogP contribution in [0.25, 0.3) is 10.8 Å². The Bertz CT molecular complexity index is 850. The number of benzene rings is 2. The molecule has 26 heavy (non-hydrogen) atoms. The monoisotopic (exact) mass is 377 g/mol. The number of rotatable bonds is 7. The molecule has 5 nitrogen and oxygen atoms in total. The average molecular weight is 378 g/mol. The SMILES string of the molecule is CCS(=O)(=O)N[C@@H]1CCCC[C@H]1COc1ccc2cc(OC)ccc2c1. The lowest BCUT2D eigenvalue weighted by molar-refractivity contribution is 0.180. The van der Waals surface area contributed by atoms with E-state index in [9.17, 15) is 8.42 Å². The molecule has 2 atom stereocenters. The minimum absolute atomic E-state index is 0.0292. The van der Waals surface area contributed by atoms with Crippen molar-refractivity contribution in [3.8, 4) is 11.5 Å². The van der Waals surface area contributed by atoms with Crippen LogP contribution in [0.15, 0.2) is 36.4 Å². The van der Waals surface area contributed by atoms with Gasteiger partial charge in [-0.1, -0.05) is 25.0 Å². The largest absolute Gasteiger partial charge is 0.497 e. The third kappa shape index (κ3) is 4.68. The summed E-state index contributed by atoms with van der Waals surface area (Å²) in [6, 6.07) is 11.9. The van der Waals surface area contributed by atoms with Gasteiger partial charge in [-0.3, -0.25) is 0 Å². The van der Waals surface area contributed by atoms with Crippen LogP contribution in [0.2, 0.25) is 0 Å². The lowest BCUT2D eigenvalue weighted by Crippen LogP contribution is -2.44. The predicted octanol–water partition coefficient (Wildman–Crippen LogP) is 3.73. The first-order valence-corrected chi connectivity index (χ1v) is 10.9. The molecule has 0 amide bonds. The first kappa shape index (κ1) is 19.0. The molecule has 0 heterocycles. The van der Waals surface area contributed by atoms with Gasteiger partial charge in [0.05, 0.1) is 19.5 Å². The van der Waals surface area contributed by atoms with Crippen LogP contribution in [0, 0.1) is 5.92 Å². The Morgan fingerprint density at radius 3 is 2.38 bits per heavy atom. The molecule has 3 rings (SSSR count). The van der Waals surface area contributed by atoms with Crippen molar-refractivity contribution in [2.24, 2.45) is 5.92 Å². The summed E-state index contributed by atoms with van der Waals surface area (Å²) in [6.07, 6.45) is 4.05. The number of sulfonamides is 1. The van der Waals surface area contributed by atoms with Crippen LogP contribution in [0.1, 0.15) is 32.6 Å². The second-order valence-corrected chi connectivity index (χ2v) is 8.90. The fraction of sp³-hybridized carbons (Fsp3) is 0.500. The Balaban J connectivity index is 1.67. The zero-order valence-corrected chi connectivity index (χ0v) is 16.2. The molecule has 1 saturated carbocycles. The highest BCUT2D eigenvalue weighted by Crippen LogP contribution is 2.28. The number of hydrogen-bond acceptors (Lipinski definition) is 4. The molecule has 6 heteroatoms. The fourth-order valence-corrected chi connectivity index (χ4v) is 4.44. The molecule has 0 spiro atoms. The van der Waals surface area contributed by atoms with Gasteiger partial charge in [0.1, 0.15) is 11.5 Å². The van der Waals surface area contributed by atoms with Gasteiger partial charge in [0.25, 0.3) is 0 Å². The van der Waals surface area contributed by atoms with E-state index >= 15 is 0 Å². The van der Waals surface area contributed by atoms with Crippen molar-refractivity contribution < 1.29 is 17.9 Å². The van der Waals surface area contributed by atoms with E-state index < -0.39 is 10.0 Å². The van der Waals surface area contributed by atoms with Crippen molar-refractivity contribution in [2.45, 2.75) is 38.6 Å². The van der Waals surface area contributed by atoms with Crippen LogP contribution in [0.4, 0.5) is 0 Å². The Hall–Kier alpha value is -1.79. The molecule has 0 aliphatic heterocycles. The number of nitrogens with one attached hydrogen (secondary N) is 1. The summed E-state index contributed by atoms with van der Waals surface area (Å²) in [7, 11) is -1.53. The van der Waals surface area contributed by atoms with Crippen molar-refractivity contribution in [2.75, 3.05) is 19.5 Å². The van der Waals surface area contributed by atoms with Crippen LogP contribution in [-0.4, -0.2) is 33.9 Å². The second-order valence-electron chi connectivity index (χ2n) is 6.86. The summed E-state index contributed by atoms with van der Waals surface area (Å²) < 4.78 is 38.0. The summed E-state index contributed by atoms with van der Waals surface area (Å²) in [6.45, 7) is 2.19. The molecule has 1 N–H and O–H groups in total. The summed E-state index contributed by atoms with van der Waals surface area (Å²) in [5, 5.41) is 2.19. The quantitative estimate of drug-likeness (QED) is 0.799. The summed E-state index contributed by atoms with van der Waals surface area (Å²) in [5.74, 6) is 1.96. The summed E-state index contributed by atoms with van der Waals surface area (Å²) >= 11 is 0. The zero-order valence-electron chi connectivity index (χ0n) is 15.4. The van der Waals surface area contributed by atoms with Gasteiger partial charge in [0, 0.05) is 12.0 Å².